The fourth-order valence-electron chi connectivity index (χ4n) is 3.69. The van der Waals surface area contributed by atoms with Gasteiger partial charge in [-0.2, -0.15) is 0 Å². The summed E-state index contributed by atoms with van der Waals surface area (Å²) in [6.45, 7) is 1.41. The zero-order chi connectivity index (χ0) is 23.3. The summed E-state index contributed by atoms with van der Waals surface area (Å²) in [5, 5.41) is 9.33. The van der Waals surface area contributed by atoms with E-state index in [1.165, 1.54) is 11.8 Å². The number of carbonyl (C=O) groups excluding carboxylic acids is 1. The number of benzene rings is 2. The Hall–Kier alpha value is -3.72. The number of thioether (sulfide) groups is 1. The van der Waals surface area contributed by atoms with Gasteiger partial charge in [-0.3, -0.25) is 9.36 Å². The number of para-hydroxylation sites is 2. The van der Waals surface area contributed by atoms with E-state index in [0.717, 1.165) is 11.3 Å². The Morgan fingerprint density at radius 1 is 1.06 bits per heavy atom. The third-order valence-corrected chi connectivity index (χ3v) is 6.39. The molecule has 0 saturated carbocycles. The second kappa shape index (κ2) is 10.0. The molecule has 1 aliphatic heterocycles. The monoisotopic (exact) mass is 476 g/mol. The van der Waals surface area contributed by atoms with Crippen LogP contribution in [-0.2, 0) is 11.3 Å². The van der Waals surface area contributed by atoms with Crippen LogP contribution in [0.1, 0.15) is 5.56 Å². The standard InChI is InChI=1S/C25H24N4O4S/c1-28(15-19-16-32-20-10-5-6-11-21(20)33-19)23(30)17-34-25-27-26-24(22-12-7-13-31-22)29(25)14-18-8-3-2-4-9-18/h2-13,19H,14-17H2,1H3. The number of carbonyl (C=O) groups is 1. The van der Waals surface area contributed by atoms with Crippen LogP contribution in [0.5, 0.6) is 11.5 Å². The van der Waals surface area contributed by atoms with Crippen molar-refractivity contribution in [2.75, 3.05) is 26.0 Å². The molecule has 2 aromatic carbocycles. The first kappa shape index (κ1) is 22.1. The van der Waals surface area contributed by atoms with Crippen molar-refractivity contribution in [3.8, 4) is 23.1 Å². The average Bonchev–Trinajstić information content (AvgIpc) is 3.53. The molecule has 0 bridgehead atoms. The van der Waals surface area contributed by atoms with Crippen LogP contribution in [0.3, 0.4) is 0 Å². The third kappa shape index (κ3) is 4.94. The molecule has 4 aromatic rings. The maximum Gasteiger partial charge on any atom is 0.232 e. The molecule has 3 heterocycles. The van der Waals surface area contributed by atoms with Gasteiger partial charge in [0.05, 0.1) is 25.1 Å². The zero-order valence-corrected chi connectivity index (χ0v) is 19.5. The highest BCUT2D eigenvalue weighted by Crippen LogP contribution is 2.31. The molecule has 174 valence electrons. The number of amides is 1. The Labute approximate surface area is 201 Å². The lowest BCUT2D eigenvalue weighted by Crippen LogP contribution is -2.42. The third-order valence-electron chi connectivity index (χ3n) is 5.44. The second-order valence-electron chi connectivity index (χ2n) is 7.92. The van der Waals surface area contributed by atoms with Gasteiger partial charge in [-0.05, 0) is 29.8 Å². The number of hydrogen-bond donors (Lipinski definition) is 0. The summed E-state index contributed by atoms with van der Waals surface area (Å²) < 4.78 is 19.3. The molecule has 5 rings (SSSR count). The first-order valence-electron chi connectivity index (χ1n) is 10.9. The number of likely N-dealkylation sites (N-methyl/N-ethyl adjacent to an activating group) is 1. The van der Waals surface area contributed by atoms with Crippen LogP contribution in [0.15, 0.2) is 82.6 Å². The van der Waals surface area contributed by atoms with Crippen LogP contribution in [0.4, 0.5) is 0 Å². The first-order valence-corrected chi connectivity index (χ1v) is 11.9. The highest BCUT2D eigenvalue weighted by molar-refractivity contribution is 7.99. The highest BCUT2D eigenvalue weighted by Gasteiger charge is 2.24. The lowest BCUT2D eigenvalue weighted by molar-refractivity contribution is -0.128. The summed E-state index contributed by atoms with van der Waals surface area (Å²) in [5.41, 5.74) is 1.11. The zero-order valence-electron chi connectivity index (χ0n) is 18.7. The topological polar surface area (TPSA) is 82.6 Å². The molecule has 9 heteroatoms. The molecule has 2 aromatic heterocycles. The molecule has 0 radical (unpaired) electrons. The van der Waals surface area contributed by atoms with Gasteiger partial charge in [0, 0.05) is 7.05 Å². The van der Waals surface area contributed by atoms with E-state index in [-0.39, 0.29) is 17.8 Å². The molecule has 34 heavy (non-hydrogen) atoms. The van der Waals surface area contributed by atoms with Gasteiger partial charge in [-0.1, -0.05) is 54.2 Å². The summed E-state index contributed by atoms with van der Waals surface area (Å²) in [7, 11) is 1.77. The Morgan fingerprint density at radius 3 is 2.65 bits per heavy atom. The minimum absolute atomic E-state index is 0.0266. The molecule has 1 unspecified atom stereocenters. The maximum atomic E-state index is 12.9. The van der Waals surface area contributed by atoms with Crippen LogP contribution in [0, 0.1) is 0 Å². The molecule has 0 fully saturated rings. The van der Waals surface area contributed by atoms with Crippen molar-refractivity contribution < 1.29 is 18.7 Å². The van der Waals surface area contributed by atoms with Gasteiger partial charge in [0.25, 0.3) is 0 Å². The maximum absolute atomic E-state index is 12.9. The van der Waals surface area contributed by atoms with E-state index in [1.54, 1.807) is 18.2 Å². The molecule has 0 N–H and O–H groups in total. The predicted molar refractivity (Wildman–Crippen MR) is 128 cm³/mol. The number of aromatic nitrogens is 3. The number of furan rings is 1. The van der Waals surface area contributed by atoms with E-state index in [2.05, 4.69) is 10.2 Å². The summed E-state index contributed by atoms with van der Waals surface area (Å²) >= 11 is 1.36. The molecule has 0 saturated heterocycles. The smallest absolute Gasteiger partial charge is 0.232 e. The Kier molecular flexibility index (Phi) is 6.53. The van der Waals surface area contributed by atoms with Crippen molar-refractivity contribution in [3.63, 3.8) is 0 Å². The largest absolute Gasteiger partial charge is 0.486 e. The van der Waals surface area contributed by atoms with Crippen molar-refractivity contribution in [3.05, 3.63) is 78.6 Å². The van der Waals surface area contributed by atoms with Gasteiger partial charge in [0.15, 0.2) is 28.5 Å². The van der Waals surface area contributed by atoms with E-state index in [9.17, 15) is 4.79 Å². The van der Waals surface area contributed by atoms with E-state index < -0.39 is 0 Å². The Bertz CT molecular complexity index is 1240. The molecule has 1 aliphatic rings. The molecule has 0 spiro atoms. The molecule has 0 aliphatic carbocycles. The van der Waals surface area contributed by atoms with Gasteiger partial charge < -0.3 is 18.8 Å². The second-order valence-corrected chi connectivity index (χ2v) is 8.86. The van der Waals surface area contributed by atoms with Gasteiger partial charge >= 0.3 is 0 Å². The summed E-state index contributed by atoms with van der Waals surface area (Å²) in [4.78, 5) is 14.5. The van der Waals surface area contributed by atoms with Crippen LogP contribution in [0.25, 0.3) is 11.6 Å². The van der Waals surface area contributed by atoms with Crippen molar-refractivity contribution in [1.82, 2.24) is 19.7 Å². The number of nitrogens with zero attached hydrogens (tertiary/aromatic N) is 4. The van der Waals surface area contributed by atoms with Gasteiger partial charge in [-0.15, -0.1) is 10.2 Å². The Balaban J connectivity index is 1.24. The molecular formula is C25H24N4O4S. The highest BCUT2D eigenvalue weighted by atomic mass is 32.2. The van der Waals surface area contributed by atoms with Gasteiger partial charge in [0.1, 0.15) is 6.61 Å². The van der Waals surface area contributed by atoms with Crippen molar-refractivity contribution in [1.29, 1.82) is 0 Å². The van der Waals surface area contributed by atoms with E-state index in [4.69, 9.17) is 13.9 Å². The van der Waals surface area contributed by atoms with E-state index >= 15 is 0 Å². The summed E-state index contributed by atoms with van der Waals surface area (Å²) in [6, 6.07) is 21.3. The Morgan fingerprint density at radius 2 is 1.85 bits per heavy atom. The quantitative estimate of drug-likeness (QED) is 0.356. The number of fused-ring (bicyclic) bond motifs is 1. The minimum atomic E-state index is -0.221. The minimum Gasteiger partial charge on any atom is -0.486 e. The van der Waals surface area contributed by atoms with Crippen LogP contribution >= 0.6 is 11.8 Å². The summed E-state index contributed by atoms with van der Waals surface area (Å²) in [6.07, 6.45) is 1.39. The van der Waals surface area contributed by atoms with E-state index in [0.29, 0.717) is 42.2 Å². The van der Waals surface area contributed by atoms with Crippen molar-refractivity contribution in [2.24, 2.45) is 0 Å². The normalized spacial score (nSPS) is 14.7. The molecular weight excluding hydrogens is 452 g/mol. The first-order chi connectivity index (χ1) is 16.7. The molecule has 1 amide bonds. The van der Waals surface area contributed by atoms with Crippen molar-refractivity contribution in [2.45, 2.75) is 17.8 Å². The number of ether oxygens (including phenoxy) is 2. The molecule has 1 atom stereocenters. The summed E-state index contributed by atoms with van der Waals surface area (Å²) in [5.74, 6) is 2.89. The fourth-order valence-corrected chi connectivity index (χ4v) is 4.57. The van der Waals surface area contributed by atoms with Crippen LogP contribution < -0.4 is 9.47 Å². The predicted octanol–water partition coefficient (Wildman–Crippen LogP) is 3.98. The number of rotatable bonds is 8. The van der Waals surface area contributed by atoms with Gasteiger partial charge in [-0.25, -0.2) is 0 Å². The fraction of sp³-hybridized carbons (Fsp3) is 0.240. The van der Waals surface area contributed by atoms with E-state index in [1.807, 2.05) is 71.3 Å². The SMILES string of the molecule is CN(CC1COc2ccccc2O1)C(=O)CSc1nnc(-c2ccco2)n1Cc1ccccc1. The lowest BCUT2D eigenvalue weighted by atomic mass is 10.2. The van der Waals surface area contributed by atoms with Crippen LogP contribution in [-0.4, -0.2) is 57.6 Å². The average molecular weight is 477 g/mol. The lowest BCUT2D eigenvalue weighted by Gasteiger charge is -2.29. The number of hydrogen-bond acceptors (Lipinski definition) is 7. The molecule has 8 nitrogen and oxygen atoms in total. The van der Waals surface area contributed by atoms with Crippen LogP contribution in [0.2, 0.25) is 0 Å². The van der Waals surface area contributed by atoms with Crippen molar-refractivity contribution >= 4 is 17.7 Å². The van der Waals surface area contributed by atoms with Gasteiger partial charge in [0.2, 0.25) is 11.7 Å².